The van der Waals surface area contributed by atoms with Crippen LogP contribution in [0.2, 0.25) is 0 Å². The van der Waals surface area contributed by atoms with Gasteiger partial charge >= 0.3 is 5.97 Å². The third-order valence-electron chi connectivity index (χ3n) is 3.19. The first-order valence-corrected chi connectivity index (χ1v) is 6.29. The Morgan fingerprint density at radius 3 is 2.62 bits per heavy atom. The molecule has 1 rings (SSSR count). The van der Waals surface area contributed by atoms with E-state index in [4.69, 9.17) is 4.74 Å². The number of ether oxygens (including phenoxy) is 1. The molecule has 0 amide bonds. The average Bonchev–Trinajstić information content (AvgIpc) is 2.14. The first kappa shape index (κ1) is 13.5. The number of likely N-dealkylation sites (N-methyl/N-ethyl adjacent to an activating group) is 2. The van der Waals surface area contributed by atoms with Gasteiger partial charge in [0.05, 0.1) is 6.61 Å². The SMILES string of the molecule is CCNC(CN(C)C1CCC1)C(=O)OCC. The molecular weight excluding hydrogens is 204 g/mol. The van der Waals surface area contributed by atoms with Gasteiger partial charge in [0.25, 0.3) is 0 Å². The molecule has 0 aromatic carbocycles. The van der Waals surface area contributed by atoms with Crippen LogP contribution in [0.4, 0.5) is 0 Å². The fourth-order valence-electron chi connectivity index (χ4n) is 1.98. The van der Waals surface area contributed by atoms with Crippen molar-refractivity contribution in [2.24, 2.45) is 0 Å². The van der Waals surface area contributed by atoms with Crippen LogP contribution in [0.15, 0.2) is 0 Å². The largest absolute Gasteiger partial charge is 0.465 e. The van der Waals surface area contributed by atoms with E-state index in [0.717, 1.165) is 13.1 Å². The van der Waals surface area contributed by atoms with Gasteiger partial charge in [0.2, 0.25) is 0 Å². The van der Waals surface area contributed by atoms with E-state index in [1.807, 2.05) is 13.8 Å². The Morgan fingerprint density at radius 2 is 2.19 bits per heavy atom. The van der Waals surface area contributed by atoms with E-state index >= 15 is 0 Å². The first-order chi connectivity index (χ1) is 7.69. The molecule has 0 saturated heterocycles. The summed E-state index contributed by atoms with van der Waals surface area (Å²) in [4.78, 5) is 14.0. The Bertz CT molecular complexity index is 217. The van der Waals surface area contributed by atoms with E-state index in [1.165, 1.54) is 19.3 Å². The molecule has 0 radical (unpaired) electrons. The molecule has 1 N–H and O–H groups in total. The molecule has 94 valence electrons. The second kappa shape index (κ2) is 6.86. The summed E-state index contributed by atoms with van der Waals surface area (Å²) in [5, 5.41) is 3.18. The number of esters is 1. The van der Waals surface area contributed by atoms with Crippen molar-refractivity contribution in [2.45, 2.75) is 45.2 Å². The lowest BCUT2D eigenvalue weighted by Crippen LogP contribution is -2.49. The van der Waals surface area contributed by atoms with Crippen LogP contribution in [0, 0.1) is 0 Å². The van der Waals surface area contributed by atoms with Gasteiger partial charge in [-0.2, -0.15) is 0 Å². The third kappa shape index (κ3) is 3.76. The number of rotatable bonds is 7. The number of hydrogen-bond acceptors (Lipinski definition) is 4. The Labute approximate surface area is 98.3 Å². The van der Waals surface area contributed by atoms with Crippen LogP contribution in [0.3, 0.4) is 0 Å². The summed E-state index contributed by atoms with van der Waals surface area (Å²) >= 11 is 0. The highest BCUT2D eigenvalue weighted by molar-refractivity contribution is 5.76. The smallest absolute Gasteiger partial charge is 0.324 e. The molecule has 0 heterocycles. The van der Waals surface area contributed by atoms with E-state index < -0.39 is 0 Å². The summed E-state index contributed by atoms with van der Waals surface area (Å²) < 4.78 is 5.06. The number of carbonyl (C=O) groups is 1. The molecule has 1 aliphatic carbocycles. The first-order valence-electron chi connectivity index (χ1n) is 6.29. The van der Waals surface area contributed by atoms with Crippen molar-refractivity contribution >= 4 is 5.97 Å². The van der Waals surface area contributed by atoms with Crippen molar-refractivity contribution in [3.8, 4) is 0 Å². The van der Waals surface area contributed by atoms with Crippen LogP contribution in [0.1, 0.15) is 33.1 Å². The zero-order chi connectivity index (χ0) is 12.0. The van der Waals surface area contributed by atoms with Crippen molar-refractivity contribution in [3.05, 3.63) is 0 Å². The van der Waals surface area contributed by atoms with Crippen LogP contribution in [-0.2, 0) is 9.53 Å². The summed E-state index contributed by atoms with van der Waals surface area (Å²) in [6, 6.07) is 0.478. The molecule has 0 bridgehead atoms. The van der Waals surface area contributed by atoms with Crippen molar-refractivity contribution in [1.29, 1.82) is 0 Å². The Morgan fingerprint density at radius 1 is 1.50 bits per heavy atom. The Balaban J connectivity index is 2.39. The van der Waals surface area contributed by atoms with E-state index in [1.54, 1.807) is 0 Å². The molecule has 1 unspecified atom stereocenters. The minimum atomic E-state index is -0.185. The van der Waals surface area contributed by atoms with E-state index in [2.05, 4.69) is 17.3 Å². The molecule has 1 aliphatic rings. The number of nitrogens with zero attached hydrogens (tertiary/aromatic N) is 1. The van der Waals surface area contributed by atoms with Crippen molar-refractivity contribution < 1.29 is 9.53 Å². The van der Waals surface area contributed by atoms with Gasteiger partial charge in [0.15, 0.2) is 0 Å². The van der Waals surface area contributed by atoms with Crippen LogP contribution < -0.4 is 5.32 Å². The molecular formula is C12H24N2O2. The fraction of sp³-hybridized carbons (Fsp3) is 0.917. The van der Waals surface area contributed by atoms with Gasteiger partial charge in [-0.25, -0.2) is 0 Å². The molecule has 0 aliphatic heterocycles. The highest BCUT2D eigenvalue weighted by Gasteiger charge is 2.27. The maximum Gasteiger partial charge on any atom is 0.324 e. The fourth-order valence-corrected chi connectivity index (χ4v) is 1.98. The lowest BCUT2D eigenvalue weighted by Gasteiger charge is -2.36. The highest BCUT2D eigenvalue weighted by Crippen LogP contribution is 2.23. The normalized spacial score (nSPS) is 18.2. The van der Waals surface area contributed by atoms with Crippen LogP contribution >= 0.6 is 0 Å². The average molecular weight is 228 g/mol. The van der Waals surface area contributed by atoms with Gasteiger partial charge in [-0.15, -0.1) is 0 Å². The molecule has 0 spiro atoms. The molecule has 4 heteroatoms. The molecule has 1 atom stereocenters. The van der Waals surface area contributed by atoms with Crippen LogP contribution in [-0.4, -0.2) is 49.7 Å². The molecule has 0 aromatic rings. The van der Waals surface area contributed by atoms with E-state index in [9.17, 15) is 4.79 Å². The van der Waals surface area contributed by atoms with Gasteiger partial charge in [-0.3, -0.25) is 4.79 Å². The number of hydrogen-bond donors (Lipinski definition) is 1. The van der Waals surface area contributed by atoms with Crippen molar-refractivity contribution in [3.63, 3.8) is 0 Å². The molecule has 1 saturated carbocycles. The van der Waals surface area contributed by atoms with E-state index in [-0.39, 0.29) is 12.0 Å². The maximum atomic E-state index is 11.7. The minimum Gasteiger partial charge on any atom is -0.465 e. The minimum absolute atomic E-state index is 0.129. The second-order valence-corrected chi connectivity index (χ2v) is 4.39. The zero-order valence-corrected chi connectivity index (χ0v) is 10.7. The maximum absolute atomic E-state index is 11.7. The number of carbonyl (C=O) groups excluding carboxylic acids is 1. The molecule has 0 aromatic heterocycles. The van der Waals surface area contributed by atoms with Crippen LogP contribution in [0.5, 0.6) is 0 Å². The zero-order valence-electron chi connectivity index (χ0n) is 10.7. The summed E-state index contributed by atoms with van der Waals surface area (Å²) in [5.74, 6) is -0.129. The summed E-state index contributed by atoms with van der Waals surface area (Å²) in [6.07, 6.45) is 3.84. The molecule has 1 fully saturated rings. The lowest BCUT2D eigenvalue weighted by molar-refractivity contribution is -0.146. The standard InChI is InChI=1S/C12H24N2O2/c1-4-13-11(12(15)16-5-2)9-14(3)10-7-6-8-10/h10-11,13H,4-9H2,1-3H3. The van der Waals surface area contributed by atoms with Gasteiger partial charge in [-0.1, -0.05) is 13.3 Å². The quantitative estimate of drug-likeness (QED) is 0.660. The predicted octanol–water partition coefficient (Wildman–Crippen LogP) is 1.01. The van der Waals surface area contributed by atoms with Gasteiger partial charge < -0.3 is 15.0 Å². The number of nitrogens with one attached hydrogen (secondary N) is 1. The summed E-state index contributed by atoms with van der Waals surface area (Å²) in [7, 11) is 2.09. The Hall–Kier alpha value is -0.610. The third-order valence-corrected chi connectivity index (χ3v) is 3.19. The van der Waals surface area contributed by atoms with Crippen molar-refractivity contribution in [1.82, 2.24) is 10.2 Å². The summed E-state index contributed by atoms with van der Waals surface area (Å²) in [6.45, 7) is 5.85. The topological polar surface area (TPSA) is 41.6 Å². The second-order valence-electron chi connectivity index (χ2n) is 4.39. The Kier molecular flexibility index (Phi) is 5.77. The molecule has 16 heavy (non-hydrogen) atoms. The van der Waals surface area contributed by atoms with Gasteiger partial charge in [-0.05, 0) is 33.4 Å². The van der Waals surface area contributed by atoms with Gasteiger partial charge in [0, 0.05) is 12.6 Å². The van der Waals surface area contributed by atoms with E-state index in [0.29, 0.717) is 12.6 Å². The van der Waals surface area contributed by atoms with Crippen molar-refractivity contribution in [2.75, 3.05) is 26.7 Å². The molecule has 4 nitrogen and oxygen atoms in total. The van der Waals surface area contributed by atoms with Gasteiger partial charge in [0.1, 0.15) is 6.04 Å². The lowest BCUT2D eigenvalue weighted by atomic mass is 9.91. The van der Waals surface area contributed by atoms with Crippen LogP contribution in [0.25, 0.3) is 0 Å². The summed E-state index contributed by atoms with van der Waals surface area (Å²) in [5.41, 5.74) is 0. The predicted molar refractivity (Wildman–Crippen MR) is 64.4 cm³/mol. The highest BCUT2D eigenvalue weighted by atomic mass is 16.5. The monoisotopic (exact) mass is 228 g/mol.